The maximum absolute atomic E-state index is 11.9. The van der Waals surface area contributed by atoms with E-state index in [1.54, 1.807) is 0 Å². The summed E-state index contributed by atoms with van der Waals surface area (Å²) in [6, 6.07) is 5.69. The second-order valence-corrected chi connectivity index (χ2v) is 4.57. The van der Waals surface area contributed by atoms with Crippen molar-refractivity contribution in [2.75, 3.05) is 6.61 Å². The Hall–Kier alpha value is -2.50. The lowest BCUT2D eigenvalue weighted by molar-refractivity contribution is 0.0507. The topological polar surface area (TPSA) is 80.8 Å². The Labute approximate surface area is 115 Å². The van der Waals surface area contributed by atoms with Gasteiger partial charge in [-0.05, 0) is 36.1 Å². The largest absolute Gasteiger partial charge is 0.462 e. The monoisotopic (exact) mass is 270 g/mol. The third-order valence-electron chi connectivity index (χ3n) is 3.21. The van der Waals surface area contributed by atoms with Gasteiger partial charge in [-0.25, -0.2) is 4.79 Å². The average molecular weight is 270 g/mol. The van der Waals surface area contributed by atoms with Crippen molar-refractivity contribution in [3.8, 4) is 0 Å². The van der Waals surface area contributed by atoms with Crippen LogP contribution in [0.15, 0.2) is 24.3 Å². The molecule has 1 aromatic carbocycles. The third kappa shape index (κ3) is 2.74. The average Bonchev–Trinajstić information content (AvgIpc) is 3.00. The van der Waals surface area contributed by atoms with E-state index in [4.69, 9.17) is 4.74 Å². The van der Waals surface area contributed by atoms with E-state index < -0.39 is 0 Å². The molecule has 0 radical (unpaired) electrons. The van der Waals surface area contributed by atoms with Crippen molar-refractivity contribution in [1.82, 2.24) is 20.6 Å². The smallest absolute Gasteiger partial charge is 0.338 e. The minimum Gasteiger partial charge on any atom is -0.462 e. The Balaban J connectivity index is 1.61. The number of nitrogens with one attached hydrogen (secondary N) is 1. The van der Waals surface area contributed by atoms with E-state index in [0.29, 0.717) is 17.8 Å². The Morgan fingerprint density at radius 2 is 2.35 bits per heavy atom. The van der Waals surface area contributed by atoms with Crippen molar-refractivity contribution in [2.24, 2.45) is 0 Å². The summed E-state index contributed by atoms with van der Waals surface area (Å²) in [7, 11) is 0. The van der Waals surface area contributed by atoms with Gasteiger partial charge in [-0.15, -0.1) is 10.2 Å². The van der Waals surface area contributed by atoms with Crippen LogP contribution in [0.5, 0.6) is 0 Å². The summed E-state index contributed by atoms with van der Waals surface area (Å²) in [6.45, 7) is 0.241. The number of aromatic amines is 1. The number of esters is 1. The van der Waals surface area contributed by atoms with E-state index in [0.717, 1.165) is 18.4 Å². The molecule has 0 amide bonds. The van der Waals surface area contributed by atoms with Crippen LogP contribution in [-0.2, 0) is 17.6 Å². The number of allylic oxidation sites excluding steroid dienone is 1. The quantitative estimate of drug-likeness (QED) is 0.853. The predicted molar refractivity (Wildman–Crippen MR) is 72.0 cm³/mol. The lowest BCUT2D eigenvalue weighted by Crippen LogP contribution is -2.09. The molecule has 0 saturated carbocycles. The van der Waals surface area contributed by atoms with Gasteiger partial charge in [0.2, 0.25) is 0 Å². The van der Waals surface area contributed by atoms with E-state index in [2.05, 4.69) is 32.8 Å². The zero-order valence-electron chi connectivity index (χ0n) is 10.9. The van der Waals surface area contributed by atoms with Gasteiger partial charge in [-0.2, -0.15) is 5.21 Å². The number of fused-ring (bicyclic) bond motifs is 1. The van der Waals surface area contributed by atoms with E-state index >= 15 is 0 Å². The molecule has 1 heterocycles. The van der Waals surface area contributed by atoms with Gasteiger partial charge in [0.25, 0.3) is 0 Å². The molecule has 3 rings (SSSR count). The van der Waals surface area contributed by atoms with Crippen LogP contribution in [0.2, 0.25) is 0 Å². The first kappa shape index (κ1) is 12.5. The van der Waals surface area contributed by atoms with Crippen molar-refractivity contribution in [3.63, 3.8) is 0 Å². The molecule has 6 nitrogen and oxygen atoms in total. The number of carbonyl (C=O) groups is 1. The number of nitrogens with zero attached hydrogens (tertiary/aromatic N) is 3. The molecule has 0 atom stereocenters. The van der Waals surface area contributed by atoms with Gasteiger partial charge < -0.3 is 4.74 Å². The Morgan fingerprint density at radius 1 is 1.40 bits per heavy atom. The molecule has 2 aromatic rings. The molecular weight excluding hydrogens is 256 g/mol. The van der Waals surface area contributed by atoms with Crippen molar-refractivity contribution in [3.05, 3.63) is 46.8 Å². The molecule has 0 spiro atoms. The van der Waals surface area contributed by atoms with E-state index in [9.17, 15) is 4.79 Å². The van der Waals surface area contributed by atoms with Crippen molar-refractivity contribution >= 4 is 12.0 Å². The molecule has 6 heteroatoms. The second kappa shape index (κ2) is 5.64. The van der Waals surface area contributed by atoms with Crippen LogP contribution in [-0.4, -0.2) is 33.2 Å². The van der Waals surface area contributed by atoms with E-state index in [-0.39, 0.29) is 12.6 Å². The van der Waals surface area contributed by atoms with Crippen LogP contribution < -0.4 is 0 Å². The number of hydrogen-bond donors (Lipinski definition) is 1. The van der Waals surface area contributed by atoms with Crippen LogP contribution >= 0.6 is 0 Å². The number of rotatable bonds is 4. The number of carbonyl (C=O) groups excluding carboxylic acids is 1. The fraction of sp³-hybridized carbons (Fsp3) is 0.286. The summed E-state index contributed by atoms with van der Waals surface area (Å²) < 4.78 is 5.21. The molecule has 0 aliphatic heterocycles. The standard InChI is InChI=1S/C14H14N4O2/c19-14(20-8-7-13-15-17-18-16-13)12-6-5-10-3-1-2-4-11(10)9-12/h2,4-6,9H,1,3,7-8H2,(H,15,16,17,18). The van der Waals surface area contributed by atoms with Gasteiger partial charge in [0.15, 0.2) is 5.82 Å². The first-order valence-corrected chi connectivity index (χ1v) is 6.52. The minimum absolute atomic E-state index is 0.241. The highest BCUT2D eigenvalue weighted by molar-refractivity contribution is 5.90. The number of aromatic nitrogens is 4. The summed E-state index contributed by atoms with van der Waals surface area (Å²) in [4.78, 5) is 11.9. The van der Waals surface area contributed by atoms with Gasteiger partial charge in [0.05, 0.1) is 12.2 Å². The molecule has 1 aliphatic carbocycles. The van der Waals surface area contributed by atoms with Crippen LogP contribution in [0.25, 0.3) is 6.08 Å². The van der Waals surface area contributed by atoms with Crippen molar-refractivity contribution < 1.29 is 9.53 Å². The summed E-state index contributed by atoms with van der Waals surface area (Å²) in [5.41, 5.74) is 2.95. The highest BCUT2D eigenvalue weighted by atomic mass is 16.5. The predicted octanol–water partition coefficient (Wildman–Crippen LogP) is 1.56. The third-order valence-corrected chi connectivity index (χ3v) is 3.21. The summed E-state index contributed by atoms with van der Waals surface area (Å²) in [6.07, 6.45) is 6.70. The van der Waals surface area contributed by atoms with E-state index in [1.807, 2.05) is 18.2 Å². The molecule has 0 fully saturated rings. The normalized spacial score (nSPS) is 13.0. The molecule has 0 unspecified atom stereocenters. The second-order valence-electron chi connectivity index (χ2n) is 4.57. The molecule has 1 N–H and O–H groups in total. The zero-order chi connectivity index (χ0) is 13.8. The highest BCUT2D eigenvalue weighted by Gasteiger charge is 2.11. The van der Waals surface area contributed by atoms with Crippen LogP contribution in [0.3, 0.4) is 0 Å². The number of benzene rings is 1. The van der Waals surface area contributed by atoms with Crippen molar-refractivity contribution in [1.29, 1.82) is 0 Å². The number of tetrazole rings is 1. The van der Waals surface area contributed by atoms with Gasteiger partial charge in [-0.3, -0.25) is 0 Å². The summed E-state index contributed by atoms with van der Waals surface area (Å²) in [5.74, 6) is 0.210. The molecule has 1 aromatic heterocycles. The Morgan fingerprint density at radius 3 is 3.20 bits per heavy atom. The molecular formula is C14H14N4O2. The lowest BCUT2D eigenvalue weighted by atomic mass is 9.95. The Bertz CT molecular complexity index is 635. The SMILES string of the molecule is O=C(OCCc1nn[nH]n1)c1ccc2c(c1)C=CCC2. The number of H-pyrrole nitrogens is 1. The molecule has 0 bridgehead atoms. The van der Waals surface area contributed by atoms with Crippen LogP contribution in [0, 0.1) is 0 Å². The number of ether oxygens (including phenoxy) is 1. The first-order valence-electron chi connectivity index (χ1n) is 6.52. The van der Waals surface area contributed by atoms with Gasteiger partial charge in [-0.1, -0.05) is 23.4 Å². The van der Waals surface area contributed by atoms with Gasteiger partial charge >= 0.3 is 5.97 Å². The number of hydrogen-bond acceptors (Lipinski definition) is 5. The number of aryl methyl sites for hydroxylation is 1. The molecule has 0 saturated heterocycles. The highest BCUT2D eigenvalue weighted by Crippen LogP contribution is 2.20. The molecule has 1 aliphatic rings. The zero-order valence-corrected chi connectivity index (χ0v) is 10.9. The van der Waals surface area contributed by atoms with Crippen LogP contribution in [0.4, 0.5) is 0 Å². The van der Waals surface area contributed by atoms with Gasteiger partial charge in [0, 0.05) is 6.42 Å². The molecule has 20 heavy (non-hydrogen) atoms. The Kier molecular flexibility index (Phi) is 3.54. The fourth-order valence-corrected chi connectivity index (χ4v) is 2.16. The van der Waals surface area contributed by atoms with Crippen LogP contribution in [0.1, 0.15) is 33.7 Å². The summed E-state index contributed by atoms with van der Waals surface area (Å²) >= 11 is 0. The summed E-state index contributed by atoms with van der Waals surface area (Å²) in [5, 5.41) is 13.4. The lowest BCUT2D eigenvalue weighted by Gasteiger charge is -2.11. The van der Waals surface area contributed by atoms with E-state index in [1.165, 1.54) is 5.56 Å². The van der Waals surface area contributed by atoms with Gasteiger partial charge in [0.1, 0.15) is 0 Å². The maximum atomic E-state index is 11.9. The van der Waals surface area contributed by atoms with Crippen molar-refractivity contribution in [2.45, 2.75) is 19.3 Å². The molecule has 102 valence electrons. The first-order chi connectivity index (χ1) is 9.83. The fourth-order valence-electron chi connectivity index (χ4n) is 2.16. The minimum atomic E-state index is -0.324. The maximum Gasteiger partial charge on any atom is 0.338 e.